The van der Waals surface area contributed by atoms with Crippen LogP contribution in [0.15, 0.2) is 60.7 Å². The predicted octanol–water partition coefficient (Wildman–Crippen LogP) is 3.69. The van der Waals surface area contributed by atoms with Crippen molar-refractivity contribution in [1.29, 1.82) is 0 Å². The van der Waals surface area contributed by atoms with Crippen LogP contribution in [0.4, 0.5) is 10.5 Å². The zero-order valence-corrected chi connectivity index (χ0v) is 15.2. The standard InChI is InChI=1S/C20H24N2O4/c1-20(2,3)25-19(24)21-17(14-15-10-6-4-7-11-15)18(23)26-22-16-12-8-5-9-13-16/h4-13,17,22H,14H2,1-3H3,(H,21,24)/t17-/m0/s1. The quantitative estimate of drug-likeness (QED) is 0.772. The van der Waals surface area contributed by atoms with Crippen LogP contribution >= 0.6 is 0 Å². The Morgan fingerprint density at radius 3 is 2.12 bits per heavy atom. The average Bonchev–Trinajstić information content (AvgIpc) is 2.59. The highest BCUT2D eigenvalue weighted by atomic mass is 16.7. The summed E-state index contributed by atoms with van der Waals surface area (Å²) in [5.74, 6) is -0.608. The van der Waals surface area contributed by atoms with Crippen molar-refractivity contribution >= 4 is 17.7 Å². The van der Waals surface area contributed by atoms with Crippen molar-refractivity contribution in [2.24, 2.45) is 0 Å². The summed E-state index contributed by atoms with van der Waals surface area (Å²) in [6, 6.07) is 17.5. The van der Waals surface area contributed by atoms with Crippen LogP contribution in [0.3, 0.4) is 0 Å². The van der Waals surface area contributed by atoms with Gasteiger partial charge in [-0.3, -0.25) is 0 Å². The molecule has 0 fully saturated rings. The molecule has 2 aromatic rings. The van der Waals surface area contributed by atoms with Gasteiger partial charge in [0.2, 0.25) is 0 Å². The third-order valence-corrected chi connectivity index (χ3v) is 3.30. The molecule has 0 spiro atoms. The van der Waals surface area contributed by atoms with Gasteiger partial charge in [-0.05, 0) is 38.5 Å². The number of hydrogen-bond donors (Lipinski definition) is 2. The van der Waals surface area contributed by atoms with Gasteiger partial charge < -0.3 is 14.9 Å². The molecule has 0 aliphatic heterocycles. The molecule has 0 saturated heterocycles. The van der Waals surface area contributed by atoms with E-state index in [2.05, 4.69) is 10.8 Å². The molecule has 138 valence electrons. The Balaban J connectivity index is 2.03. The highest BCUT2D eigenvalue weighted by molar-refractivity contribution is 5.82. The summed E-state index contributed by atoms with van der Waals surface area (Å²) in [4.78, 5) is 29.7. The molecule has 0 saturated carbocycles. The van der Waals surface area contributed by atoms with E-state index in [9.17, 15) is 9.59 Å². The normalized spacial score (nSPS) is 12.0. The number of hydrogen-bond acceptors (Lipinski definition) is 5. The molecule has 1 atom stereocenters. The lowest BCUT2D eigenvalue weighted by Crippen LogP contribution is -2.46. The molecule has 6 heteroatoms. The highest BCUT2D eigenvalue weighted by Gasteiger charge is 2.26. The number of carbonyl (C=O) groups is 2. The molecular formula is C20H24N2O4. The van der Waals surface area contributed by atoms with Crippen LogP contribution < -0.4 is 10.8 Å². The molecule has 0 aliphatic carbocycles. The second kappa shape index (κ2) is 8.89. The van der Waals surface area contributed by atoms with Crippen LogP contribution in [0.5, 0.6) is 0 Å². The summed E-state index contributed by atoms with van der Waals surface area (Å²) in [6.45, 7) is 5.27. The van der Waals surface area contributed by atoms with Gasteiger partial charge in [-0.1, -0.05) is 48.5 Å². The van der Waals surface area contributed by atoms with E-state index < -0.39 is 23.7 Å². The Bertz CT molecular complexity index is 712. The van der Waals surface area contributed by atoms with E-state index in [-0.39, 0.29) is 6.42 Å². The lowest BCUT2D eigenvalue weighted by atomic mass is 10.1. The molecule has 0 unspecified atom stereocenters. The monoisotopic (exact) mass is 356 g/mol. The number of nitrogens with one attached hydrogen (secondary N) is 2. The van der Waals surface area contributed by atoms with Gasteiger partial charge in [-0.25, -0.2) is 15.1 Å². The third-order valence-electron chi connectivity index (χ3n) is 3.30. The van der Waals surface area contributed by atoms with Gasteiger partial charge in [-0.15, -0.1) is 0 Å². The van der Waals surface area contributed by atoms with Gasteiger partial charge >= 0.3 is 12.1 Å². The SMILES string of the molecule is CC(C)(C)OC(=O)N[C@@H](Cc1ccccc1)C(=O)ONc1ccccc1. The number of ether oxygens (including phenoxy) is 1. The minimum atomic E-state index is -0.886. The first-order chi connectivity index (χ1) is 12.3. The Morgan fingerprint density at radius 2 is 1.54 bits per heavy atom. The fraction of sp³-hybridized carbons (Fsp3) is 0.300. The van der Waals surface area contributed by atoms with Crippen molar-refractivity contribution in [3.63, 3.8) is 0 Å². The fourth-order valence-electron chi connectivity index (χ4n) is 2.18. The summed E-state index contributed by atoms with van der Waals surface area (Å²) >= 11 is 0. The molecule has 2 N–H and O–H groups in total. The topological polar surface area (TPSA) is 76.7 Å². The summed E-state index contributed by atoms with van der Waals surface area (Å²) in [5, 5.41) is 2.58. The maximum absolute atomic E-state index is 12.5. The van der Waals surface area contributed by atoms with Gasteiger partial charge in [-0.2, -0.15) is 0 Å². The number of benzene rings is 2. The Hall–Kier alpha value is -3.02. The van der Waals surface area contributed by atoms with E-state index in [0.717, 1.165) is 5.56 Å². The summed E-state index contributed by atoms with van der Waals surface area (Å²) in [6.07, 6.45) is -0.384. The molecule has 0 radical (unpaired) electrons. The number of amides is 1. The van der Waals surface area contributed by atoms with Crippen molar-refractivity contribution in [2.45, 2.75) is 38.8 Å². The van der Waals surface area contributed by atoms with E-state index in [1.54, 1.807) is 32.9 Å². The van der Waals surface area contributed by atoms with Crippen LogP contribution in [0.1, 0.15) is 26.3 Å². The summed E-state index contributed by atoms with van der Waals surface area (Å²) in [7, 11) is 0. The van der Waals surface area contributed by atoms with Crippen LogP contribution in [0.25, 0.3) is 0 Å². The van der Waals surface area contributed by atoms with E-state index in [4.69, 9.17) is 9.57 Å². The summed E-state index contributed by atoms with van der Waals surface area (Å²) < 4.78 is 5.24. The summed E-state index contributed by atoms with van der Waals surface area (Å²) in [5.41, 5.74) is 3.46. The number of alkyl carbamates (subject to hydrolysis) is 1. The largest absolute Gasteiger partial charge is 0.444 e. The molecule has 1 amide bonds. The Kier molecular flexibility index (Phi) is 6.60. The molecule has 0 aromatic heterocycles. The highest BCUT2D eigenvalue weighted by Crippen LogP contribution is 2.10. The van der Waals surface area contributed by atoms with Crippen molar-refractivity contribution in [3.05, 3.63) is 66.2 Å². The van der Waals surface area contributed by atoms with E-state index in [1.165, 1.54) is 0 Å². The van der Waals surface area contributed by atoms with Gasteiger partial charge in [0.15, 0.2) is 0 Å². The van der Waals surface area contributed by atoms with Crippen molar-refractivity contribution in [3.8, 4) is 0 Å². The smallest absolute Gasteiger partial charge is 0.408 e. The van der Waals surface area contributed by atoms with E-state index in [1.807, 2.05) is 48.5 Å². The van der Waals surface area contributed by atoms with Gasteiger partial charge in [0.25, 0.3) is 0 Å². The zero-order valence-electron chi connectivity index (χ0n) is 15.2. The molecule has 0 heterocycles. The molecule has 26 heavy (non-hydrogen) atoms. The van der Waals surface area contributed by atoms with E-state index in [0.29, 0.717) is 5.69 Å². The van der Waals surface area contributed by atoms with Gasteiger partial charge in [0.05, 0.1) is 5.69 Å². The number of carbonyl (C=O) groups excluding carboxylic acids is 2. The van der Waals surface area contributed by atoms with Crippen LogP contribution in [0.2, 0.25) is 0 Å². The second-order valence-electron chi connectivity index (χ2n) is 6.78. The predicted molar refractivity (Wildman–Crippen MR) is 99.5 cm³/mol. The van der Waals surface area contributed by atoms with Crippen molar-refractivity contribution < 1.29 is 19.2 Å². The molecule has 0 aliphatic rings. The second-order valence-corrected chi connectivity index (χ2v) is 6.78. The molecule has 0 bridgehead atoms. The fourth-order valence-corrected chi connectivity index (χ4v) is 2.18. The van der Waals surface area contributed by atoms with Crippen LogP contribution in [-0.4, -0.2) is 23.7 Å². The van der Waals surface area contributed by atoms with Gasteiger partial charge in [0.1, 0.15) is 11.6 Å². The van der Waals surface area contributed by atoms with E-state index >= 15 is 0 Å². The third kappa shape index (κ3) is 6.84. The minimum Gasteiger partial charge on any atom is -0.444 e. The Labute approximate surface area is 153 Å². The maximum atomic E-state index is 12.5. The lowest BCUT2D eigenvalue weighted by molar-refractivity contribution is -0.143. The number of rotatable bonds is 6. The van der Waals surface area contributed by atoms with Crippen molar-refractivity contribution in [2.75, 3.05) is 5.48 Å². The molecule has 6 nitrogen and oxygen atoms in total. The Morgan fingerprint density at radius 1 is 0.962 bits per heavy atom. The van der Waals surface area contributed by atoms with Crippen molar-refractivity contribution in [1.82, 2.24) is 5.32 Å². The molecular weight excluding hydrogens is 332 g/mol. The number of anilines is 1. The average molecular weight is 356 g/mol. The first-order valence-corrected chi connectivity index (χ1v) is 8.39. The molecule has 2 aromatic carbocycles. The maximum Gasteiger partial charge on any atom is 0.408 e. The van der Waals surface area contributed by atoms with Crippen LogP contribution in [0, 0.1) is 0 Å². The lowest BCUT2D eigenvalue weighted by Gasteiger charge is -2.23. The minimum absolute atomic E-state index is 0.287. The zero-order chi connectivity index (χ0) is 19.0. The van der Waals surface area contributed by atoms with Crippen LogP contribution in [-0.2, 0) is 20.8 Å². The first kappa shape index (κ1) is 19.3. The molecule has 2 rings (SSSR count). The van der Waals surface area contributed by atoms with Gasteiger partial charge in [0, 0.05) is 6.42 Å². The first-order valence-electron chi connectivity index (χ1n) is 8.39. The number of para-hydroxylation sites is 1.